The predicted octanol–water partition coefficient (Wildman–Crippen LogP) is 3.84. The third kappa shape index (κ3) is 7.24. The Hall–Kier alpha value is -2.28. The van der Waals surface area contributed by atoms with E-state index in [2.05, 4.69) is 11.9 Å². The Morgan fingerprint density at radius 3 is 2.59 bits per heavy atom. The fourth-order valence-electron chi connectivity index (χ4n) is 3.27. The first-order valence-corrected chi connectivity index (χ1v) is 10.3. The van der Waals surface area contributed by atoms with E-state index in [-0.39, 0.29) is 12.8 Å². The van der Waals surface area contributed by atoms with E-state index in [1.54, 1.807) is 6.08 Å². The second kappa shape index (κ2) is 11.7. The normalized spacial score (nSPS) is 14.9. The Morgan fingerprint density at radius 1 is 1.10 bits per heavy atom. The molecule has 2 unspecified atom stereocenters. The minimum absolute atomic E-state index is 0.0427. The average Bonchev–Trinajstić information content (AvgIpc) is 2.71. The summed E-state index contributed by atoms with van der Waals surface area (Å²) in [7, 11) is 0. The van der Waals surface area contributed by atoms with Crippen molar-refractivity contribution in [3.8, 4) is 0 Å². The van der Waals surface area contributed by atoms with Crippen molar-refractivity contribution in [3.63, 3.8) is 0 Å². The van der Waals surface area contributed by atoms with Crippen LogP contribution >= 0.6 is 0 Å². The van der Waals surface area contributed by atoms with Gasteiger partial charge in [0, 0.05) is 11.8 Å². The van der Waals surface area contributed by atoms with Crippen LogP contribution in [0.15, 0.2) is 36.4 Å². The predicted molar refractivity (Wildman–Crippen MR) is 113 cm³/mol. The molecule has 0 bridgehead atoms. The first-order valence-electron chi connectivity index (χ1n) is 10.3. The van der Waals surface area contributed by atoms with Gasteiger partial charge in [-0.05, 0) is 36.8 Å². The smallest absolute Gasteiger partial charge is 0.303 e. The number of nitrogens with zero attached hydrogens (tertiary/aromatic N) is 1. The zero-order valence-electron chi connectivity index (χ0n) is 16.9. The van der Waals surface area contributed by atoms with Gasteiger partial charge in [0.1, 0.15) is 0 Å². The molecule has 1 aromatic carbocycles. The number of carboxylic acids is 1. The van der Waals surface area contributed by atoms with Crippen LogP contribution in [-0.2, 0) is 4.79 Å². The third-order valence-corrected chi connectivity index (χ3v) is 4.94. The van der Waals surface area contributed by atoms with Gasteiger partial charge in [0.15, 0.2) is 0 Å². The van der Waals surface area contributed by atoms with Gasteiger partial charge in [-0.1, -0.05) is 56.5 Å². The number of unbranched alkanes of at least 4 members (excludes halogenated alkanes) is 2. The number of fused-ring (bicyclic) bond motifs is 1. The van der Waals surface area contributed by atoms with Crippen molar-refractivity contribution in [2.24, 2.45) is 0 Å². The third-order valence-electron chi connectivity index (χ3n) is 4.94. The number of aliphatic hydroxyl groups is 3. The lowest BCUT2D eigenvalue weighted by molar-refractivity contribution is -0.137. The second-order valence-electron chi connectivity index (χ2n) is 7.37. The Labute approximate surface area is 171 Å². The summed E-state index contributed by atoms with van der Waals surface area (Å²) in [6, 6.07) is 9.60. The Balaban J connectivity index is 2.15. The highest BCUT2D eigenvalue weighted by molar-refractivity contribution is 5.86. The molecule has 0 aliphatic rings. The molecular weight excluding hydrogens is 370 g/mol. The van der Waals surface area contributed by atoms with Crippen LogP contribution in [0.3, 0.4) is 0 Å². The molecular formula is C23H31NO5. The van der Waals surface area contributed by atoms with E-state index in [0.29, 0.717) is 24.2 Å². The van der Waals surface area contributed by atoms with Gasteiger partial charge in [-0.15, -0.1) is 0 Å². The first kappa shape index (κ1) is 23.0. The molecule has 2 rings (SSSR count). The monoisotopic (exact) mass is 401 g/mol. The average molecular weight is 402 g/mol. The second-order valence-corrected chi connectivity index (χ2v) is 7.37. The molecule has 2 aromatic rings. The van der Waals surface area contributed by atoms with Crippen LogP contribution in [0.5, 0.6) is 0 Å². The van der Waals surface area contributed by atoms with Gasteiger partial charge in [-0.3, -0.25) is 9.78 Å². The molecule has 0 radical (unpaired) electrons. The molecule has 4 N–H and O–H groups in total. The van der Waals surface area contributed by atoms with Gasteiger partial charge < -0.3 is 20.4 Å². The SMILES string of the molecule is CCCCC[C@H](O)c1nc(/C=C/C(O)C(O)CCCC(=O)O)cc2ccccc12. The summed E-state index contributed by atoms with van der Waals surface area (Å²) in [6.45, 7) is 2.12. The van der Waals surface area contributed by atoms with Gasteiger partial charge in [0.05, 0.1) is 29.7 Å². The number of rotatable bonds is 12. The van der Waals surface area contributed by atoms with Crippen molar-refractivity contribution in [2.45, 2.75) is 70.2 Å². The van der Waals surface area contributed by atoms with Crippen LogP contribution in [0.4, 0.5) is 0 Å². The lowest BCUT2D eigenvalue weighted by Gasteiger charge is -2.15. The number of aromatic nitrogens is 1. The molecule has 158 valence electrons. The van der Waals surface area contributed by atoms with E-state index in [1.807, 2.05) is 30.3 Å². The highest BCUT2D eigenvalue weighted by Crippen LogP contribution is 2.27. The fraction of sp³-hybridized carbons (Fsp3) is 0.478. The number of carbonyl (C=O) groups is 1. The van der Waals surface area contributed by atoms with E-state index in [0.717, 1.165) is 30.0 Å². The molecule has 0 saturated carbocycles. The molecule has 0 spiro atoms. The minimum atomic E-state index is -1.12. The van der Waals surface area contributed by atoms with Crippen molar-refractivity contribution >= 4 is 22.8 Å². The summed E-state index contributed by atoms with van der Waals surface area (Å²) < 4.78 is 0. The maximum absolute atomic E-state index is 10.7. The van der Waals surface area contributed by atoms with Crippen LogP contribution in [0.1, 0.15) is 69.4 Å². The minimum Gasteiger partial charge on any atom is -0.481 e. The van der Waals surface area contributed by atoms with Crippen LogP contribution in [0.25, 0.3) is 16.8 Å². The molecule has 3 atom stereocenters. The molecule has 6 heteroatoms. The largest absolute Gasteiger partial charge is 0.481 e. The van der Waals surface area contributed by atoms with E-state index < -0.39 is 24.3 Å². The highest BCUT2D eigenvalue weighted by atomic mass is 16.4. The number of hydrogen-bond acceptors (Lipinski definition) is 5. The zero-order valence-corrected chi connectivity index (χ0v) is 16.9. The molecule has 6 nitrogen and oxygen atoms in total. The topological polar surface area (TPSA) is 111 Å². The van der Waals surface area contributed by atoms with Gasteiger partial charge in [0.25, 0.3) is 0 Å². The molecule has 1 heterocycles. The van der Waals surface area contributed by atoms with Crippen molar-refractivity contribution in [1.82, 2.24) is 4.98 Å². The summed E-state index contributed by atoms with van der Waals surface area (Å²) in [4.78, 5) is 15.1. The Bertz CT molecular complexity index is 820. The van der Waals surface area contributed by atoms with Gasteiger partial charge >= 0.3 is 5.97 Å². The van der Waals surface area contributed by atoms with Crippen LogP contribution in [-0.4, -0.2) is 43.6 Å². The quantitative estimate of drug-likeness (QED) is 0.402. The van der Waals surface area contributed by atoms with Gasteiger partial charge in [-0.2, -0.15) is 0 Å². The van der Waals surface area contributed by atoms with Crippen molar-refractivity contribution in [2.75, 3.05) is 0 Å². The van der Waals surface area contributed by atoms with Gasteiger partial charge in [-0.25, -0.2) is 0 Å². The van der Waals surface area contributed by atoms with Crippen molar-refractivity contribution in [1.29, 1.82) is 0 Å². The number of benzene rings is 1. The van der Waals surface area contributed by atoms with E-state index in [4.69, 9.17) is 5.11 Å². The lowest BCUT2D eigenvalue weighted by atomic mass is 10.0. The van der Waals surface area contributed by atoms with Crippen LogP contribution in [0.2, 0.25) is 0 Å². The lowest BCUT2D eigenvalue weighted by Crippen LogP contribution is -2.23. The number of aliphatic hydroxyl groups excluding tert-OH is 3. The molecule has 29 heavy (non-hydrogen) atoms. The molecule has 0 amide bonds. The summed E-state index contributed by atoms with van der Waals surface area (Å²) >= 11 is 0. The first-order chi connectivity index (χ1) is 13.9. The maximum atomic E-state index is 10.7. The van der Waals surface area contributed by atoms with E-state index in [1.165, 1.54) is 6.08 Å². The standard InChI is InChI=1S/C23H31NO5/c1-2-3-4-10-21(27)23-18-9-6-5-8-16(18)15-17(24-23)13-14-20(26)19(25)11-7-12-22(28)29/h5-6,8-9,13-15,19-21,25-27H,2-4,7,10-12H2,1H3,(H,28,29)/b14-13+/t19?,20?,21-/m0/s1. The fourth-order valence-corrected chi connectivity index (χ4v) is 3.27. The molecule has 0 saturated heterocycles. The summed E-state index contributed by atoms with van der Waals surface area (Å²) in [6.07, 6.45) is 4.42. The molecule has 1 aromatic heterocycles. The summed E-state index contributed by atoms with van der Waals surface area (Å²) in [5, 5.41) is 41.3. The van der Waals surface area contributed by atoms with Crippen molar-refractivity contribution in [3.05, 3.63) is 47.8 Å². The van der Waals surface area contributed by atoms with Crippen LogP contribution < -0.4 is 0 Å². The molecule has 0 aliphatic heterocycles. The number of pyridine rings is 1. The summed E-state index contributed by atoms with van der Waals surface area (Å²) in [5.41, 5.74) is 1.21. The van der Waals surface area contributed by atoms with E-state index >= 15 is 0 Å². The highest BCUT2D eigenvalue weighted by Gasteiger charge is 2.16. The number of aliphatic carboxylic acids is 1. The van der Waals surface area contributed by atoms with Crippen LogP contribution in [0, 0.1) is 0 Å². The summed E-state index contributed by atoms with van der Waals surface area (Å²) in [5.74, 6) is -0.924. The van der Waals surface area contributed by atoms with Crippen molar-refractivity contribution < 1.29 is 25.2 Å². The van der Waals surface area contributed by atoms with Gasteiger partial charge in [0.2, 0.25) is 0 Å². The molecule has 0 aliphatic carbocycles. The van der Waals surface area contributed by atoms with E-state index in [9.17, 15) is 20.1 Å². The number of carboxylic acid groups (broad SMARTS) is 1. The number of hydrogen-bond donors (Lipinski definition) is 4. The molecule has 0 fully saturated rings. The Kier molecular flexibility index (Phi) is 9.25. The zero-order chi connectivity index (χ0) is 21.2. The maximum Gasteiger partial charge on any atom is 0.303 e. The Morgan fingerprint density at radius 2 is 1.86 bits per heavy atom.